The number of nitrogens with zero attached hydrogens (tertiary/aromatic N) is 1. The number of aliphatic hydroxyl groups is 1. The molecule has 1 saturated heterocycles. The van der Waals surface area contributed by atoms with Crippen molar-refractivity contribution in [2.45, 2.75) is 45.3 Å². The van der Waals surface area contributed by atoms with Gasteiger partial charge in [-0.15, -0.1) is 0 Å². The van der Waals surface area contributed by atoms with E-state index >= 15 is 0 Å². The molecule has 1 aliphatic heterocycles. The van der Waals surface area contributed by atoms with Crippen LogP contribution in [0.5, 0.6) is 0 Å². The van der Waals surface area contributed by atoms with E-state index in [2.05, 4.69) is 11.8 Å². The van der Waals surface area contributed by atoms with Gasteiger partial charge >= 0.3 is 0 Å². The Bertz CT molecular complexity index is 382. The van der Waals surface area contributed by atoms with Crippen molar-refractivity contribution in [2.75, 3.05) is 13.1 Å². The summed E-state index contributed by atoms with van der Waals surface area (Å²) in [5.74, 6) is 0.258. The lowest BCUT2D eigenvalue weighted by Crippen LogP contribution is -2.39. The van der Waals surface area contributed by atoms with Crippen molar-refractivity contribution in [1.82, 2.24) is 4.90 Å². The van der Waals surface area contributed by atoms with E-state index in [0.717, 1.165) is 32.4 Å². The second-order valence-corrected chi connectivity index (χ2v) is 5.59. The van der Waals surface area contributed by atoms with Crippen LogP contribution in [-0.4, -0.2) is 29.2 Å². The Balaban J connectivity index is 2.01. The monoisotopic (exact) mass is 265 g/mol. The minimum atomic E-state index is -0.201. The van der Waals surface area contributed by atoms with Crippen LogP contribution in [-0.2, 0) is 0 Å². The summed E-state index contributed by atoms with van der Waals surface area (Å²) in [4.78, 5) is 2.46. The van der Waals surface area contributed by atoms with Crippen molar-refractivity contribution < 1.29 is 9.50 Å². The normalized spacial score (nSPS) is 21.3. The minimum Gasteiger partial charge on any atom is -0.393 e. The van der Waals surface area contributed by atoms with Crippen LogP contribution < -0.4 is 0 Å². The predicted molar refractivity (Wildman–Crippen MR) is 75.4 cm³/mol. The number of halogens is 1. The Morgan fingerprint density at radius 3 is 2.32 bits per heavy atom. The average molecular weight is 265 g/mol. The van der Waals surface area contributed by atoms with Crippen molar-refractivity contribution in [3.63, 3.8) is 0 Å². The first-order chi connectivity index (χ1) is 9.11. The number of hydrogen-bond donors (Lipinski definition) is 1. The summed E-state index contributed by atoms with van der Waals surface area (Å²) in [6, 6.07) is 7.24. The number of aliphatic hydroxyl groups excluding tert-OH is 1. The molecule has 1 aromatic carbocycles. The van der Waals surface area contributed by atoms with Crippen LogP contribution in [0.1, 0.15) is 44.7 Å². The quantitative estimate of drug-likeness (QED) is 0.902. The topological polar surface area (TPSA) is 23.5 Å². The van der Waals surface area contributed by atoms with E-state index < -0.39 is 0 Å². The maximum absolute atomic E-state index is 13.0. The first-order valence-corrected chi connectivity index (χ1v) is 7.29. The SMILES string of the molecule is CC[C@@H](c1ccc(F)cc1)N1CCC([C@@H](C)O)CC1. The molecule has 106 valence electrons. The highest BCUT2D eigenvalue weighted by Gasteiger charge is 2.27. The van der Waals surface area contributed by atoms with Gasteiger partial charge in [-0.3, -0.25) is 4.90 Å². The summed E-state index contributed by atoms with van der Waals surface area (Å²) >= 11 is 0. The molecule has 0 aromatic heterocycles. The Hall–Kier alpha value is -0.930. The summed E-state index contributed by atoms with van der Waals surface area (Å²) in [5, 5.41) is 9.65. The molecule has 2 nitrogen and oxygen atoms in total. The van der Waals surface area contributed by atoms with E-state index in [4.69, 9.17) is 0 Å². The molecule has 0 saturated carbocycles. The van der Waals surface area contributed by atoms with Gasteiger partial charge in [0.1, 0.15) is 5.82 Å². The van der Waals surface area contributed by atoms with Gasteiger partial charge in [0.25, 0.3) is 0 Å². The number of piperidine rings is 1. The maximum atomic E-state index is 13.0. The molecule has 1 aromatic rings. The third kappa shape index (κ3) is 3.54. The zero-order chi connectivity index (χ0) is 13.8. The molecular weight excluding hydrogens is 241 g/mol. The van der Waals surface area contributed by atoms with Gasteiger partial charge < -0.3 is 5.11 Å². The lowest BCUT2D eigenvalue weighted by Gasteiger charge is -2.38. The molecule has 0 aliphatic carbocycles. The highest BCUT2D eigenvalue weighted by molar-refractivity contribution is 5.20. The van der Waals surface area contributed by atoms with Gasteiger partial charge in [-0.25, -0.2) is 4.39 Å². The molecule has 0 unspecified atom stereocenters. The predicted octanol–water partition coefficient (Wildman–Crippen LogP) is 3.37. The number of hydrogen-bond acceptors (Lipinski definition) is 2. The molecule has 1 N–H and O–H groups in total. The smallest absolute Gasteiger partial charge is 0.123 e. The molecule has 1 fully saturated rings. The third-order valence-electron chi connectivity index (χ3n) is 4.34. The van der Waals surface area contributed by atoms with Crippen LogP contribution in [0.4, 0.5) is 4.39 Å². The molecule has 3 heteroatoms. The fourth-order valence-corrected chi connectivity index (χ4v) is 3.10. The zero-order valence-corrected chi connectivity index (χ0v) is 11.8. The fraction of sp³-hybridized carbons (Fsp3) is 0.625. The van der Waals surface area contributed by atoms with Crippen molar-refractivity contribution in [1.29, 1.82) is 0 Å². The van der Waals surface area contributed by atoms with Crippen LogP contribution in [0.15, 0.2) is 24.3 Å². The van der Waals surface area contributed by atoms with Gasteiger partial charge in [0.2, 0.25) is 0 Å². The molecule has 0 amide bonds. The van der Waals surface area contributed by atoms with E-state index in [9.17, 15) is 9.50 Å². The Kier molecular flexibility index (Phi) is 4.94. The molecule has 1 heterocycles. The summed E-state index contributed by atoms with van der Waals surface area (Å²) in [5.41, 5.74) is 1.19. The zero-order valence-electron chi connectivity index (χ0n) is 11.8. The molecule has 1 aliphatic rings. The van der Waals surface area contributed by atoms with Crippen molar-refractivity contribution in [3.8, 4) is 0 Å². The highest BCUT2D eigenvalue weighted by atomic mass is 19.1. The molecule has 0 spiro atoms. The van der Waals surface area contributed by atoms with Crippen LogP contribution in [0.25, 0.3) is 0 Å². The first kappa shape index (κ1) is 14.5. The van der Waals surface area contributed by atoms with Crippen LogP contribution in [0.2, 0.25) is 0 Å². The fourth-order valence-electron chi connectivity index (χ4n) is 3.10. The highest BCUT2D eigenvalue weighted by Crippen LogP contribution is 2.30. The average Bonchev–Trinajstić information content (AvgIpc) is 2.42. The summed E-state index contributed by atoms with van der Waals surface area (Å²) < 4.78 is 13.0. The largest absolute Gasteiger partial charge is 0.393 e. The minimum absolute atomic E-state index is 0.175. The second-order valence-electron chi connectivity index (χ2n) is 5.59. The van der Waals surface area contributed by atoms with E-state index in [1.54, 1.807) is 12.1 Å². The Morgan fingerprint density at radius 2 is 1.84 bits per heavy atom. The summed E-state index contributed by atoms with van der Waals surface area (Å²) in [6.07, 6.45) is 2.93. The number of benzene rings is 1. The molecule has 0 radical (unpaired) electrons. The Labute approximate surface area is 115 Å². The Morgan fingerprint density at radius 1 is 1.26 bits per heavy atom. The van der Waals surface area contributed by atoms with Gasteiger partial charge in [0, 0.05) is 6.04 Å². The van der Waals surface area contributed by atoms with E-state index in [-0.39, 0.29) is 11.9 Å². The van der Waals surface area contributed by atoms with Gasteiger partial charge in [-0.2, -0.15) is 0 Å². The lowest BCUT2D eigenvalue weighted by atomic mass is 9.90. The van der Waals surface area contributed by atoms with E-state index in [0.29, 0.717) is 12.0 Å². The van der Waals surface area contributed by atoms with Gasteiger partial charge in [-0.1, -0.05) is 19.1 Å². The molecule has 19 heavy (non-hydrogen) atoms. The number of likely N-dealkylation sites (tertiary alicyclic amines) is 1. The molecule has 0 bridgehead atoms. The first-order valence-electron chi connectivity index (χ1n) is 7.29. The van der Waals surface area contributed by atoms with E-state index in [1.165, 1.54) is 5.56 Å². The van der Waals surface area contributed by atoms with Crippen molar-refractivity contribution in [2.24, 2.45) is 5.92 Å². The van der Waals surface area contributed by atoms with Crippen LogP contribution >= 0.6 is 0 Å². The van der Waals surface area contributed by atoms with Gasteiger partial charge in [-0.05, 0) is 62.9 Å². The summed E-state index contributed by atoms with van der Waals surface area (Å²) in [7, 11) is 0. The van der Waals surface area contributed by atoms with E-state index in [1.807, 2.05) is 19.1 Å². The lowest BCUT2D eigenvalue weighted by molar-refractivity contribution is 0.0545. The van der Waals surface area contributed by atoms with Crippen molar-refractivity contribution in [3.05, 3.63) is 35.6 Å². The van der Waals surface area contributed by atoms with Crippen molar-refractivity contribution >= 4 is 0 Å². The molecule has 2 atom stereocenters. The standard InChI is InChI=1S/C16H24FNO/c1-3-16(14-4-6-15(17)7-5-14)18-10-8-13(9-11-18)12(2)19/h4-7,12-13,16,19H,3,8-11H2,1-2H3/t12-,16+/m1/s1. The second kappa shape index (κ2) is 6.49. The molecule has 2 rings (SSSR count). The summed E-state index contributed by atoms with van der Waals surface area (Å²) in [6.45, 7) is 6.10. The third-order valence-corrected chi connectivity index (χ3v) is 4.34. The number of rotatable bonds is 4. The van der Waals surface area contributed by atoms with Crippen LogP contribution in [0.3, 0.4) is 0 Å². The maximum Gasteiger partial charge on any atom is 0.123 e. The molecular formula is C16H24FNO. The van der Waals surface area contributed by atoms with Crippen LogP contribution in [0, 0.1) is 11.7 Å². The van der Waals surface area contributed by atoms with Gasteiger partial charge in [0.05, 0.1) is 6.10 Å². The van der Waals surface area contributed by atoms with Gasteiger partial charge in [0.15, 0.2) is 0 Å².